The number of ether oxygens (including phenoxy) is 1. The summed E-state index contributed by atoms with van der Waals surface area (Å²) in [4.78, 5) is 26.5. The van der Waals surface area contributed by atoms with Gasteiger partial charge in [0.05, 0.1) is 13.2 Å². The van der Waals surface area contributed by atoms with E-state index in [0.717, 1.165) is 40.7 Å². The van der Waals surface area contributed by atoms with Crippen LogP contribution in [0.25, 0.3) is 0 Å². The molecule has 0 aromatic heterocycles. The second-order valence-electron chi connectivity index (χ2n) is 6.48. The van der Waals surface area contributed by atoms with Crippen molar-refractivity contribution in [3.8, 4) is 5.75 Å². The van der Waals surface area contributed by atoms with E-state index in [0.29, 0.717) is 18.7 Å². The van der Waals surface area contributed by atoms with Gasteiger partial charge in [0.2, 0.25) is 5.91 Å². The molecule has 0 fully saturated rings. The fourth-order valence-electron chi connectivity index (χ4n) is 3.02. The molecule has 0 unspecified atom stereocenters. The lowest BCUT2D eigenvalue weighted by molar-refractivity contribution is -0.117. The standard InChI is InChI=1S/C21H23BrN2O3/c1-2-3-12-27-18-7-4-15(5-8-18)21(26)23-14-20(25)24-11-10-16-13-17(22)6-9-19(16)24/h4-9,13H,2-3,10-12,14H2,1H3,(H,23,26). The van der Waals surface area contributed by atoms with Crippen LogP contribution < -0.4 is 15.0 Å². The first kappa shape index (κ1) is 19.4. The van der Waals surface area contributed by atoms with Crippen molar-refractivity contribution < 1.29 is 14.3 Å². The minimum atomic E-state index is -0.265. The molecule has 1 N–H and O–H groups in total. The summed E-state index contributed by atoms with van der Waals surface area (Å²) in [6.45, 7) is 3.40. The van der Waals surface area contributed by atoms with E-state index in [2.05, 4.69) is 28.2 Å². The second kappa shape index (κ2) is 9.04. The summed E-state index contributed by atoms with van der Waals surface area (Å²) < 4.78 is 6.60. The van der Waals surface area contributed by atoms with Crippen LogP contribution in [-0.2, 0) is 11.2 Å². The van der Waals surface area contributed by atoms with E-state index in [-0.39, 0.29) is 18.4 Å². The average molecular weight is 431 g/mol. The molecule has 0 atom stereocenters. The van der Waals surface area contributed by atoms with Crippen LogP contribution in [0.1, 0.15) is 35.7 Å². The maximum atomic E-state index is 12.5. The highest BCUT2D eigenvalue weighted by atomic mass is 79.9. The predicted octanol–water partition coefficient (Wildman–Crippen LogP) is 3.95. The Kier molecular flexibility index (Phi) is 6.50. The third-order valence-electron chi connectivity index (χ3n) is 4.52. The SMILES string of the molecule is CCCCOc1ccc(C(=O)NCC(=O)N2CCc3cc(Br)ccc32)cc1. The Bertz CT molecular complexity index is 821. The van der Waals surface area contributed by atoms with Crippen LogP contribution in [0.5, 0.6) is 5.75 Å². The first-order chi connectivity index (χ1) is 13.1. The summed E-state index contributed by atoms with van der Waals surface area (Å²) in [5.74, 6) is 0.374. The van der Waals surface area contributed by atoms with Gasteiger partial charge in [0.15, 0.2) is 0 Å². The number of hydrogen-bond donors (Lipinski definition) is 1. The van der Waals surface area contributed by atoms with Crippen LogP contribution in [-0.4, -0.2) is 31.5 Å². The predicted molar refractivity (Wildman–Crippen MR) is 109 cm³/mol. The normalized spacial score (nSPS) is 12.6. The van der Waals surface area contributed by atoms with Gasteiger partial charge in [-0.3, -0.25) is 9.59 Å². The van der Waals surface area contributed by atoms with E-state index in [4.69, 9.17) is 4.74 Å². The number of carbonyl (C=O) groups is 2. The molecule has 2 aromatic carbocycles. The highest BCUT2D eigenvalue weighted by Gasteiger charge is 2.24. The first-order valence-corrected chi connectivity index (χ1v) is 9.97. The maximum absolute atomic E-state index is 12.5. The summed E-state index contributed by atoms with van der Waals surface area (Å²) in [6, 6.07) is 12.9. The van der Waals surface area contributed by atoms with Gasteiger partial charge >= 0.3 is 0 Å². The van der Waals surface area contributed by atoms with Gasteiger partial charge in [-0.15, -0.1) is 0 Å². The van der Waals surface area contributed by atoms with Gasteiger partial charge in [0.1, 0.15) is 5.75 Å². The summed E-state index contributed by atoms with van der Waals surface area (Å²) in [5, 5.41) is 2.71. The topological polar surface area (TPSA) is 58.6 Å². The number of amides is 2. The molecular weight excluding hydrogens is 408 g/mol. The number of halogens is 1. The van der Waals surface area contributed by atoms with Crippen molar-refractivity contribution in [1.29, 1.82) is 0 Å². The number of nitrogens with zero attached hydrogens (tertiary/aromatic N) is 1. The number of benzene rings is 2. The second-order valence-corrected chi connectivity index (χ2v) is 7.39. The fraction of sp³-hybridized carbons (Fsp3) is 0.333. The number of carbonyl (C=O) groups excluding carboxylic acids is 2. The molecule has 142 valence electrons. The van der Waals surface area contributed by atoms with E-state index in [9.17, 15) is 9.59 Å². The number of anilines is 1. The van der Waals surface area contributed by atoms with Gasteiger partial charge in [0.25, 0.3) is 5.91 Å². The van der Waals surface area contributed by atoms with Crippen molar-refractivity contribution in [3.05, 3.63) is 58.1 Å². The summed E-state index contributed by atoms with van der Waals surface area (Å²) in [7, 11) is 0. The largest absolute Gasteiger partial charge is 0.494 e. The Morgan fingerprint density at radius 3 is 2.70 bits per heavy atom. The number of unbranched alkanes of at least 4 members (excludes halogenated alkanes) is 1. The van der Waals surface area contributed by atoms with E-state index in [1.807, 2.05) is 18.2 Å². The molecule has 0 radical (unpaired) electrons. The van der Waals surface area contributed by atoms with Crippen molar-refractivity contribution in [1.82, 2.24) is 5.32 Å². The number of rotatable bonds is 7. The molecule has 0 saturated heterocycles. The smallest absolute Gasteiger partial charge is 0.251 e. The molecule has 0 spiro atoms. The van der Waals surface area contributed by atoms with E-state index >= 15 is 0 Å². The Hall–Kier alpha value is -2.34. The van der Waals surface area contributed by atoms with Crippen molar-refractivity contribution in [2.24, 2.45) is 0 Å². The van der Waals surface area contributed by atoms with Crippen LogP contribution in [0, 0.1) is 0 Å². The Balaban J connectivity index is 1.53. The molecule has 0 bridgehead atoms. The maximum Gasteiger partial charge on any atom is 0.251 e. The Morgan fingerprint density at radius 1 is 1.19 bits per heavy atom. The highest BCUT2D eigenvalue weighted by Crippen LogP contribution is 2.30. The monoisotopic (exact) mass is 430 g/mol. The van der Waals surface area contributed by atoms with Crippen LogP contribution in [0.15, 0.2) is 46.9 Å². The quantitative estimate of drug-likeness (QED) is 0.676. The molecule has 5 nitrogen and oxygen atoms in total. The van der Waals surface area contributed by atoms with Gasteiger partial charge in [-0.2, -0.15) is 0 Å². The molecule has 27 heavy (non-hydrogen) atoms. The molecule has 0 aliphatic carbocycles. The summed E-state index contributed by atoms with van der Waals surface area (Å²) in [6.07, 6.45) is 2.90. The average Bonchev–Trinajstić information content (AvgIpc) is 3.09. The molecule has 0 saturated carbocycles. The first-order valence-electron chi connectivity index (χ1n) is 9.18. The van der Waals surface area contributed by atoms with Gasteiger partial charge in [-0.05, 0) is 60.9 Å². The van der Waals surface area contributed by atoms with Crippen LogP contribution in [0.2, 0.25) is 0 Å². The zero-order chi connectivity index (χ0) is 19.2. The van der Waals surface area contributed by atoms with E-state index < -0.39 is 0 Å². The van der Waals surface area contributed by atoms with E-state index in [1.54, 1.807) is 29.2 Å². The van der Waals surface area contributed by atoms with Gasteiger partial charge in [-0.25, -0.2) is 0 Å². The fourth-order valence-corrected chi connectivity index (χ4v) is 3.43. The van der Waals surface area contributed by atoms with Gasteiger partial charge in [0, 0.05) is 22.3 Å². The molecule has 2 aromatic rings. The van der Waals surface area contributed by atoms with Crippen molar-refractivity contribution in [2.75, 3.05) is 24.6 Å². The van der Waals surface area contributed by atoms with E-state index in [1.165, 1.54) is 0 Å². The highest BCUT2D eigenvalue weighted by molar-refractivity contribution is 9.10. The third-order valence-corrected chi connectivity index (χ3v) is 5.01. The molecule has 6 heteroatoms. The Morgan fingerprint density at radius 2 is 1.96 bits per heavy atom. The lowest BCUT2D eigenvalue weighted by Crippen LogP contribution is -2.39. The minimum absolute atomic E-state index is 0.0247. The van der Waals surface area contributed by atoms with Crippen molar-refractivity contribution in [2.45, 2.75) is 26.2 Å². The number of nitrogens with one attached hydrogen (secondary N) is 1. The van der Waals surface area contributed by atoms with Gasteiger partial charge in [-0.1, -0.05) is 29.3 Å². The lowest BCUT2D eigenvalue weighted by Gasteiger charge is -2.17. The zero-order valence-corrected chi connectivity index (χ0v) is 16.9. The number of fused-ring (bicyclic) bond motifs is 1. The lowest BCUT2D eigenvalue weighted by atomic mass is 10.2. The van der Waals surface area contributed by atoms with Crippen LogP contribution >= 0.6 is 15.9 Å². The van der Waals surface area contributed by atoms with Crippen LogP contribution in [0.3, 0.4) is 0 Å². The molecule has 3 rings (SSSR count). The molecular formula is C21H23BrN2O3. The summed E-state index contributed by atoms with van der Waals surface area (Å²) >= 11 is 3.45. The Labute approximate surface area is 167 Å². The number of hydrogen-bond acceptors (Lipinski definition) is 3. The molecule has 1 aliphatic heterocycles. The van der Waals surface area contributed by atoms with Crippen LogP contribution in [0.4, 0.5) is 5.69 Å². The molecule has 1 heterocycles. The molecule has 1 aliphatic rings. The zero-order valence-electron chi connectivity index (χ0n) is 15.3. The molecule has 2 amide bonds. The summed E-state index contributed by atoms with van der Waals surface area (Å²) in [5.41, 5.74) is 2.57. The van der Waals surface area contributed by atoms with Crippen molar-refractivity contribution >= 4 is 33.4 Å². The van der Waals surface area contributed by atoms with Gasteiger partial charge < -0.3 is 15.0 Å². The van der Waals surface area contributed by atoms with Crippen molar-refractivity contribution in [3.63, 3.8) is 0 Å². The minimum Gasteiger partial charge on any atom is -0.494 e. The third kappa shape index (κ3) is 4.89.